The van der Waals surface area contributed by atoms with Crippen LogP contribution >= 0.6 is 0 Å². The van der Waals surface area contributed by atoms with Gasteiger partial charge in [-0.15, -0.1) is 0 Å². The Hall–Kier alpha value is -1.80. The van der Waals surface area contributed by atoms with E-state index in [1.54, 1.807) is 30.9 Å². The number of carbonyl (C=O) groups excluding carboxylic acids is 1. The van der Waals surface area contributed by atoms with Crippen LogP contribution in [-0.4, -0.2) is 67.7 Å². The van der Waals surface area contributed by atoms with Crippen LogP contribution in [0, 0.1) is 0 Å². The molecule has 3 rings (SSSR count). The molecule has 1 aromatic carbocycles. The molecular formula is C16H22N2O5S. The first-order chi connectivity index (χ1) is 11.4. The van der Waals surface area contributed by atoms with E-state index in [1.807, 2.05) is 12.1 Å². The van der Waals surface area contributed by atoms with E-state index in [1.165, 1.54) is 4.31 Å². The van der Waals surface area contributed by atoms with Crippen molar-refractivity contribution >= 4 is 15.9 Å². The zero-order chi connectivity index (χ0) is 17.3. The Morgan fingerprint density at radius 2 is 1.71 bits per heavy atom. The summed E-state index contributed by atoms with van der Waals surface area (Å²) in [6.45, 7) is 4.80. The second-order valence-corrected chi connectivity index (χ2v) is 8.19. The molecule has 0 bridgehead atoms. The summed E-state index contributed by atoms with van der Waals surface area (Å²) in [5.74, 6) is 1.11. The van der Waals surface area contributed by atoms with Crippen LogP contribution in [0.25, 0.3) is 0 Å². The molecule has 0 aromatic heterocycles. The number of hydrogen-bond acceptors (Lipinski definition) is 5. The molecule has 0 radical (unpaired) electrons. The number of fused-ring (bicyclic) bond motifs is 1. The number of piperazine rings is 1. The van der Waals surface area contributed by atoms with Gasteiger partial charge in [0.05, 0.1) is 5.75 Å². The lowest BCUT2D eigenvalue weighted by Crippen LogP contribution is -2.56. The average Bonchev–Trinajstić information content (AvgIpc) is 2.60. The normalized spacial score (nSPS) is 24.7. The van der Waals surface area contributed by atoms with Crippen molar-refractivity contribution in [2.45, 2.75) is 26.1 Å². The number of benzene rings is 1. The number of hydrogen-bond donors (Lipinski definition) is 0. The van der Waals surface area contributed by atoms with Gasteiger partial charge >= 0.3 is 0 Å². The zero-order valence-corrected chi connectivity index (χ0v) is 14.7. The third kappa shape index (κ3) is 3.21. The molecule has 2 unspecified atom stereocenters. The van der Waals surface area contributed by atoms with Gasteiger partial charge in [0.1, 0.15) is 6.10 Å². The molecule has 2 aliphatic rings. The van der Waals surface area contributed by atoms with E-state index in [2.05, 4.69) is 0 Å². The summed E-state index contributed by atoms with van der Waals surface area (Å²) >= 11 is 0. The van der Waals surface area contributed by atoms with Crippen molar-refractivity contribution in [2.75, 3.05) is 31.9 Å². The number of carbonyl (C=O) groups is 1. The maximum atomic E-state index is 12.8. The molecule has 2 heterocycles. The zero-order valence-electron chi connectivity index (χ0n) is 13.8. The van der Waals surface area contributed by atoms with Crippen LogP contribution in [0.4, 0.5) is 0 Å². The Labute approximate surface area is 142 Å². The van der Waals surface area contributed by atoms with E-state index < -0.39 is 22.2 Å². The third-order valence-corrected chi connectivity index (χ3v) is 6.28. The molecule has 0 saturated carbocycles. The molecule has 1 saturated heterocycles. The fourth-order valence-corrected chi connectivity index (χ4v) is 4.02. The molecule has 2 atom stereocenters. The third-order valence-electron chi connectivity index (χ3n) is 4.39. The van der Waals surface area contributed by atoms with E-state index in [-0.39, 0.29) is 11.7 Å². The van der Waals surface area contributed by atoms with Gasteiger partial charge in [0, 0.05) is 26.2 Å². The van der Waals surface area contributed by atoms with E-state index >= 15 is 0 Å². The molecule has 1 fully saturated rings. The molecule has 1 aromatic rings. The molecule has 0 spiro atoms. The first-order valence-electron chi connectivity index (χ1n) is 8.11. The van der Waals surface area contributed by atoms with Gasteiger partial charge in [-0.2, -0.15) is 4.31 Å². The van der Waals surface area contributed by atoms with E-state index in [9.17, 15) is 13.2 Å². The Bertz CT molecular complexity index is 713. The number of sulfonamides is 1. The molecule has 24 heavy (non-hydrogen) atoms. The fraction of sp³-hybridized carbons (Fsp3) is 0.562. The quantitative estimate of drug-likeness (QED) is 0.799. The highest BCUT2D eigenvalue weighted by Crippen LogP contribution is 2.34. The fourth-order valence-electron chi connectivity index (χ4n) is 2.94. The SMILES string of the molecule is CCS(=O)(=O)N1CCN(C(=O)C2Oc3ccccc3OC2C)CC1. The van der Waals surface area contributed by atoms with E-state index in [4.69, 9.17) is 9.47 Å². The van der Waals surface area contributed by atoms with Crippen LogP contribution < -0.4 is 9.47 Å². The maximum Gasteiger partial charge on any atom is 0.267 e. The van der Waals surface area contributed by atoms with Crippen molar-refractivity contribution in [2.24, 2.45) is 0 Å². The monoisotopic (exact) mass is 354 g/mol. The standard InChI is InChI=1S/C16H22N2O5S/c1-3-24(20,21)18-10-8-17(9-11-18)16(19)15-12(2)22-13-6-4-5-7-14(13)23-15/h4-7,12,15H,3,8-11H2,1-2H3. The summed E-state index contributed by atoms with van der Waals surface area (Å²) < 4.78 is 36.8. The van der Waals surface area contributed by atoms with Crippen molar-refractivity contribution in [1.82, 2.24) is 9.21 Å². The number of ether oxygens (including phenoxy) is 2. The van der Waals surface area contributed by atoms with Gasteiger partial charge in [0.25, 0.3) is 5.91 Å². The first kappa shape index (κ1) is 17.0. The molecule has 7 nitrogen and oxygen atoms in total. The largest absolute Gasteiger partial charge is 0.482 e. The topological polar surface area (TPSA) is 76.2 Å². The van der Waals surface area contributed by atoms with Crippen molar-refractivity contribution in [3.8, 4) is 11.5 Å². The minimum absolute atomic E-state index is 0.0777. The van der Waals surface area contributed by atoms with Crippen LogP contribution in [-0.2, 0) is 14.8 Å². The molecule has 132 valence electrons. The second kappa shape index (κ2) is 6.60. The van der Waals surface area contributed by atoms with Gasteiger partial charge in [-0.1, -0.05) is 12.1 Å². The highest BCUT2D eigenvalue weighted by Gasteiger charge is 2.38. The summed E-state index contributed by atoms with van der Waals surface area (Å²) in [6, 6.07) is 7.26. The minimum atomic E-state index is -3.21. The average molecular weight is 354 g/mol. The molecule has 0 N–H and O–H groups in total. The predicted octanol–water partition coefficient (Wildman–Crippen LogP) is 0.709. The second-order valence-electron chi connectivity index (χ2n) is 5.93. The summed E-state index contributed by atoms with van der Waals surface area (Å²) in [7, 11) is -3.21. The predicted molar refractivity (Wildman–Crippen MR) is 88.6 cm³/mol. The highest BCUT2D eigenvalue weighted by molar-refractivity contribution is 7.89. The highest BCUT2D eigenvalue weighted by atomic mass is 32.2. The molecule has 8 heteroatoms. The lowest BCUT2D eigenvalue weighted by molar-refractivity contribution is -0.145. The number of para-hydroxylation sites is 2. The van der Waals surface area contributed by atoms with Crippen molar-refractivity contribution < 1.29 is 22.7 Å². The van der Waals surface area contributed by atoms with Crippen LogP contribution in [0.3, 0.4) is 0 Å². The minimum Gasteiger partial charge on any atom is -0.482 e. The maximum absolute atomic E-state index is 12.8. The summed E-state index contributed by atoms with van der Waals surface area (Å²) in [4.78, 5) is 14.4. The van der Waals surface area contributed by atoms with Gasteiger partial charge in [0.15, 0.2) is 11.5 Å². The first-order valence-corrected chi connectivity index (χ1v) is 9.72. The Morgan fingerprint density at radius 3 is 2.29 bits per heavy atom. The summed E-state index contributed by atoms with van der Waals surface area (Å²) in [5, 5.41) is 0. The van der Waals surface area contributed by atoms with Gasteiger partial charge in [-0.05, 0) is 26.0 Å². The number of rotatable bonds is 3. The van der Waals surface area contributed by atoms with Crippen molar-refractivity contribution in [1.29, 1.82) is 0 Å². The van der Waals surface area contributed by atoms with E-state index in [0.717, 1.165) is 0 Å². The van der Waals surface area contributed by atoms with Gasteiger partial charge < -0.3 is 14.4 Å². The molecular weight excluding hydrogens is 332 g/mol. The van der Waals surface area contributed by atoms with Crippen LogP contribution in [0.5, 0.6) is 11.5 Å². The summed E-state index contributed by atoms with van der Waals surface area (Å²) in [5.41, 5.74) is 0. The summed E-state index contributed by atoms with van der Waals surface area (Å²) in [6.07, 6.45) is -1.11. The molecule has 0 aliphatic carbocycles. The Balaban J connectivity index is 1.66. The van der Waals surface area contributed by atoms with Gasteiger partial charge in [0.2, 0.25) is 16.1 Å². The number of nitrogens with zero attached hydrogens (tertiary/aromatic N) is 2. The lowest BCUT2D eigenvalue weighted by Gasteiger charge is -2.38. The van der Waals surface area contributed by atoms with Crippen LogP contribution in [0.15, 0.2) is 24.3 Å². The van der Waals surface area contributed by atoms with Crippen LogP contribution in [0.2, 0.25) is 0 Å². The Kier molecular flexibility index (Phi) is 4.69. The molecule has 1 amide bonds. The van der Waals surface area contributed by atoms with Crippen molar-refractivity contribution in [3.63, 3.8) is 0 Å². The molecule has 2 aliphatic heterocycles. The van der Waals surface area contributed by atoms with Gasteiger partial charge in [-0.3, -0.25) is 4.79 Å². The smallest absolute Gasteiger partial charge is 0.267 e. The van der Waals surface area contributed by atoms with Gasteiger partial charge in [-0.25, -0.2) is 8.42 Å². The number of amides is 1. The Morgan fingerprint density at radius 1 is 1.12 bits per heavy atom. The van der Waals surface area contributed by atoms with Crippen molar-refractivity contribution in [3.05, 3.63) is 24.3 Å². The van der Waals surface area contributed by atoms with Crippen LogP contribution in [0.1, 0.15) is 13.8 Å². The van der Waals surface area contributed by atoms with E-state index in [0.29, 0.717) is 37.7 Å². The lowest BCUT2D eigenvalue weighted by atomic mass is 10.1.